The molecule has 0 fully saturated rings. The SMILES string of the molecule is COc1cccc(C2C3=C(CC(C)(C)CC3=O)Nc3nn(C4(C)CC(=O)C5=C(C4)Nc4n[nH]c(C)c4[C@@H]5c4ccccc4OC)c(C)c32)c1. The molecule has 0 saturated carbocycles. The van der Waals surface area contributed by atoms with Crippen molar-refractivity contribution in [2.45, 2.75) is 77.7 Å². The Bertz CT molecular complexity index is 2130. The number of carbonyl (C=O) groups excluding carboxylic acids is 2. The minimum absolute atomic E-state index is 0.0536. The van der Waals surface area contributed by atoms with Crippen molar-refractivity contribution >= 4 is 23.2 Å². The molecule has 10 nitrogen and oxygen atoms in total. The van der Waals surface area contributed by atoms with Crippen LogP contribution >= 0.6 is 0 Å². The van der Waals surface area contributed by atoms with Gasteiger partial charge in [0.05, 0.1) is 19.8 Å². The highest BCUT2D eigenvalue weighted by atomic mass is 16.5. The van der Waals surface area contributed by atoms with E-state index in [0.717, 1.165) is 85.7 Å². The third kappa shape index (κ3) is 4.75. The number of allylic oxidation sites excluding steroid dienone is 4. The zero-order chi connectivity index (χ0) is 34.4. The summed E-state index contributed by atoms with van der Waals surface area (Å²) in [5.41, 5.74) is 8.11. The number of para-hydroxylation sites is 1. The van der Waals surface area contributed by atoms with Gasteiger partial charge in [0.15, 0.2) is 23.2 Å². The van der Waals surface area contributed by atoms with Crippen LogP contribution in [0.2, 0.25) is 0 Å². The molecule has 0 spiro atoms. The number of H-pyrrole nitrogens is 1. The Hall–Kier alpha value is -5.12. The van der Waals surface area contributed by atoms with E-state index in [0.29, 0.717) is 12.8 Å². The van der Waals surface area contributed by atoms with Crippen molar-refractivity contribution in [3.05, 3.63) is 105 Å². The molecule has 4 heterocycles. The van der Waals surface area contributed by atoms with E-state index in [-0.39, 0.29) is 35.2 Å². The van der Waals surface area contributed by atoms with Crippen LogP contribution in [0.1, 0.15) is 91.9 Å². The van der Waals surface area contributed by atoms with Gasteiger partial charge < -0.3 is 20.1 Å². The van der Waals surface area contributed by atoms with Gasteiger partial charge in [-0.2, -0.15) is 10.2 Å². The summed E-state index contributed by atoms with van der Waals surface area (Å²) in [5, 5.41) is 20.1. The molecular weight excluding hydrogens is 616 g/mol. The second-order valence-electron chi connectivity index (χ2n) is 15.0. The fourth-order valence-electron chi connectivity index (χ4n) is 8.83. The van der Waals surface area contributed by atoms with E-state index >= 15 is 0 Å². The lowest BCUT2D eigenvalue weighted by atomic mass is 9.69. The average Bonchev–Trinajstić information content (AvgIpc) is 3.61. The number of carbonyl (C=O) groups is 2. The van der Waals surface area contributed by atoms with Crippen LogP contribution in [-0.4, -0.2) is 45.8 Å². The molecule has 4 aliphatic rings. The van der Waals surface area contributed by atoms with E-state index in [1.807, 2.05) is 54.1 Å². The van der Waals surface area contributed by atoms with Crippen molar-refractivity contribution in [3.63, 3.8) is 0 Å². The quantitative estimate of drug-likeness (QED) is 0.209. The molecule has 2 aliphatic heterocycles. The normalized spacial score (nSPS) is 24.0. The average molecular weight is 659 g/mol. The molecule has 2 aromatic carbocycles. The number of aromatic nitrogens is 4. The molecule has 2 aliphatic carbocycles. The molecule has 0 bridgehead atoms. The van der Waals surface area contributed by atoms with Crippen molar-refractivity contribution in [2.24, 2.45) is 5.41 Å². The highest BCUT2D eigenvalue weighted by Crippen LogP contribution is 2.54. The predicted molar refractivity (Wildman–Crippen MR) is 187 cm³/mol. The Morgan fingerprint density at radius 2 is 1.51 bits per heavy atom. The number of fused-ring (bicyclic) bond motifs is 2. The molecule has 2 unspecified atom stereocenters. The first kappa shape index (κ1) is 31.2. The number of methoxy groups -OCH3 is 2. The van der Waals surface area contributed by atoms with Gasteiger partial charge in [0, 0.05) is 81.7 Å². The standard InChI is InChI=1S/C39H42N6O4/c1-20-30-33(24-13-8-9-14-29(24)49-7)35-26(40-36(30)43-42-20)17-39(5,19-28(35)47)45-21(2)31-32(22-11-10-12-23(15-22)48-6)34-25(41-37(31)44-45)16-38(3,4)18-27(34)46/h8-15,32-33H,16-19H2,1-7H3,(H,41,44)(H2,40,42,43)/t32?,33-,39?/m0/s1. The smallest absolute Gasteiger partial charge is 0.163 e. The summed E-state index contributed by atoms with van der Waals surface area (Å²) in [6, 6.07) is 15.9. The maximum absolute atomic E-state index is 14.6. The summed E-state index contributed by atoms with van der Waals surface area (Å²) in [6.07, 6.45) is 2.02. The number of aryl methyl sites for hydroxylation is 1. The maximum atomic E-state index is 14.6. The van der Waals surface area contributed by atoms with Crippen LogP contribution in [0.3, 0.4) is 0 Å². The number of benzene rings is 2. The molecule has 0 saturated heterocycles. The lowest BCUT2D eigenvalue weighted by Gasteiger charge is -2.41. The molecule has 252 valence electrons. The number of hydrogen-bond donors (Lipinski definition) is 3. The maximum Gasteiger partial charge on any atom is 0.163 e. The van der Waals surface area contributed by atoms with Crippen LogP contribution in [0, 0.1) is 19.3 Å². The molecule has 3 atom stereocenters. The van der Waals surface area contributed by atoms with Crippen molar-refractivity contribution < 1.29 is 19.1 Å². The van der Waals surface area contributed by atoms with Crippen LogP contribution in [0.4, 0.5) is 11.6 Å². The third-order valence-electron chi connectivity index (χ3n) is 10.9. The molecule has 49 heavy (non-hydrogen) atoms. The highest BCUT2D eigenvalue weighted by molar-refractivity contribution is 6.03. The molecule has 2 aromatic heterocycles. The van der Waals surface area contributed by atoms with Crippen molar-refractivity contribution in [2.75, 3.05) is 24.9 Å². The second-order valence-corrected chi connectivity index (χ2v) is 15.0. The number of anilines is 2. The van der Waals surface area contributed by atoms with Crippen molar-refractivity contribution in [3.8, 4) is 11.5 Å². The first-order valence-corrected chi connectivity index (χ1v) is 16.9. The van der Waals surface area contributed by atoms with Gasteiger partial charge in [-0.05, 0) is 56.4 Å². The molecular formula is C39H42N6O4. The van der Waals surface area contributed by atoms with E-state index in [1.54, 1.807) is 14.2 Å². The van der Waals surface area contributed by atoms with Gasteiger partial charge in [0.1, 0.15) is 11.5 Å². The lowest BCUT2D eigenvalue weighted by molar-refractivity contribution is -0.119. The summed E-state index contributed by atoms with van der Waals surface area (Å²) >= 11 is 0. The summed E-state index contributed by atoms with van der Waals surface area (Å²) in [6.45, 7) is 10.4. The van der Waals surface area contributed by atoms with E-state index in [4.69, 9.17) is 14.6 Å². The fourth-order valence-corrected chi connectivity index (χ4v) is 8.83. The largest absolute Gasteiger partial charge is 0.497 e. The molecule has 0 amide bonds. The van der Waals surface area contributed by atoms with Crippen LogP contribution in [0.25, 0.3) is 0 Å². The summed E-state index contributed by atoms with van der Waals surface area (Å²) in [7, 11) is 3.32. The number of Topliss-reactive ketones (excluding diaryl/α,β-unsaturated/α-hetero) is 2. The Balaban J connectivity index is 1.26. The third-order valence-corrected chi connectivity index (χ3v) is 10.9. The van der Waals surface area contributed by atoms with E-state index in [2.05, 4.69) is 54.6 Å². The minimum Gasteiger partial charge on any atom is -0.497 e. The first-order chi connectivity index (χ1) is 23.4. The van der Waals surface area contributed by atoms with Gasteiger partial charge in [-0.3, -0.25) is 19.4 Å². The van der Waals surface area contributed by atoms with Gasteiger partial charge in [-0.25, -0.2) is 0 Å². The van der Waals surface area contributed by atoms with Crippen LogP contribution in [0.15, 0.2) is 71.1 Å². The van der Waals surface area contributed by atoms with E-state index in [1.165, 1.54) is 0 Å². The number of ether oxygens (including phenoxy) is 2. The predicted octanol–water partition coefficient (Wildman–Crippen LogP) is 7.03. The van der Waals surface area contributed by atoms with Gasteiger partial charge in [-0.1, -0.05) is 44.2 Å². The monoisotopic (exact) mass is 658 g/mol. The van der Waals surface area contributed by atoms with Crippen LogP contribution in [0.5, 0.6) is 11.5 Å². The van der Waals surface area contributed by atoms with Crippen molar-refractivity contribution in [1.82, 2.24) is 20.0 Å². The minimum atomic E-state index is -0.692. The Morgan fingerprint density at radius 3 is 2.29 bits per heavy atom. The fraction of sp³-hybridized carbons (Fsp3) is 0.385. The Labute approximate surface area is 286 Å². The zero-order valence-electron chi connectivity index (χ0n) is 29.1. The second kappa shape index (κ2) is 10.9. The highest BCUT2D eigenvalue weighted by Gasteiger charge is 2.48. The Kier molecular flexibility index (Phi) is 6.96. The number of rotatable bonds is 5. The topological polar surface area (TPSA) is 123 Å². The van der Waals surface area contributed by atoms with E-state index < -0.39 is 5.54 Å². The van der Waals surface area contributed by atoms with Crippen LogP contribution in [-0.2, 0) is 15.1 Å². The lowest BCUT2D eigenvalue weighted by Crippen LogP contribution is -2.42. The number of nitrogens with one attached hydrogen (secondary N) is 3. The van der Waals surface area contributed by atoms with Gasteiger partial charge in [0.25, 0.3) is 0 Å². The molecule has 0 radical (unpaired) electrons. The summed E-state index contributed by atoms with van der Waals surface area (Å²) in [4.78, 5) is 28.5. The number of hydrogen-bond acceptors (Lipinski definition) is 8. The van der Waals surface area contributed by atoms with Gasteiger partial charge in [0.2, 0.25) is 0 Å². The van der Waals surface area contributed by atoms with Crippen LogP contribution < -0.4 is 20.1 Å². The van der Waals surface area contributed by atoms with Gasteiger partial charge in [-0.15, -0.1) is 0 Å². The number of nitrogens with zero attached hydrogens (tertiary/aromatic N) is 3. The molecule has 10 heteroatoms. The molecule has 3 N–H and O–H groups in total. The molecule has 4 aromatic rings. The summed E-state index contributed by atoms with van der Waals surface area (Å²) in [5.74, 6) is 2.49. The zero-order valence-corrected chi connectivity index (χ0v) is 29.1. The van der Waals surface area contributed by atoms with E-state index in [9.17, 15) is 9.59 Å². The van der Waals surface area contributed by atoms with Crippen molar-refractivity contribution in [1.29, 1.82) is 0 Å². The first-order valence-electron chi connectivity index (χ1n) is 16.9. The molecule has 8 rings (SSSR count). The summed E-state index contributed by atoms with van der Waals surface area (Å²) < 4.78 is 13.4. The number of ketones is 2. The van der Waals surface area contributed by atoms with Gasteiger partial charge >= 0.3 is 0 Å². The Morgan fingerprint density at radius 1 is 0.796 bits per heavy atom. The number of aromatic amines is 1.